The number of hydrogen-bond acceptors (Lipinski definition) is 6. The van der Waals surface area contributed by atoms with Crippen LogP contribution in [0.15, 0.2) is 24.1 Å². The number of carbonyl (C=O) groups is 2. The zero-order valence-electron chi connectivity index (χ0n) is 14.0. The van der Waals surface area contributed by atoms with E-state index in [9.17, 15) is 9.59 Å². The Labute approximate surface area is 154 Å². The first-order valence-electron chi connectivity index (χ1n) is 8.05. The van der Waals surface area contributed by atoms with Crippen LogP contribution in [0.4, 0.5) is 0 Å². The molecule has 0 radical (unpaired) electrons. The van der Waals surface area contributed by atoms with Crippen LogP contribution in [0.1, 0.15) is 49.3 Å². The molecule has 0 saturated carbocycles. The highest BCUT2D eigenvalue weighted by molar-refractivity contribution is 7.99. The van der Waals surface area contributed by atoms with Crippen molar-refractivity contribution in [2.24, 2.45) is 0 Å². The van der Waals surface area contributed by atoms with E-state index in [2.05, 4.69) is 24.0 Å². The van der Waals surface area contributed by atoms with E-state index in [4.69, 9.17) is 16.3 Å². The van der Waals surface area contributed by atoms with E-state index in [1.54, 1.807) is 28.4 Å². The van der Waals surface area contributed by atoms with Crippen molar-refractivity contribution in [1.82, 2.24) is 14.6 Å². The molecule has 0 fully saturated rings. The van der Waals surface area contributed by atoms with Crippen LogP contribution in [0.25, 0.3) is 5.65 Å². The molecule has 0 bridgehead atoms. The number of ketones is 1. The van der Waals surface area contributed by atoms with Crippen LogP contribution in [0.2, 0.25) is 5.02 Å². The minimum Gasteiger partial charge on any atom is -0.427 e. The number of pyridine rings is 1. The van der Waals surface area contributed by atoms with Crippen molar-refractivity contribution in [1.29, 1.82) is 0 Å². The van der Waals surface area contributed by atoms with Crippen molar-refractivity contribution in [2.75, 3.05) is 0 Å². The minimum atomic E-state index is -0.588. The summed E-state index contributed by atoms with van der Waals surface area (Å²) in [5, 5.41) is 8.92. The highest BCUT2D eigenvalue weighted by Gasteiger charge is 2.21. The number of allylic oxidation sites excluding steroid dienone is 2. The van der Waals surface area contributed by atoms with E-state index in [0.29, 0.717) is 41.7 Å². The largest absolute Gasteiger partial charge is 0.427 e. The van der Waals surface area contributed by atoms with Crippen molar-refractivity contribution in [2.45, 2.75) is 44.1 Å². The SMILES string of the molecule is CC(C)SCc1nnc2c(Cl)c(C(=O)OC3=CC(=O)CCC3)ccn12. The summed E-state index contributed by atoms with van der Waals surface area (Å²) < 4.78 is 7.09. The fourth-order valence-electron chi connectivity index (χ4n) is 2.49. The third-order valence-electron chi connectivity index (χ3n) is 3.75. The molecule has 2 aromatic heterocycles. The van der Waals surface area contributed by atoms with Gasteiger partial charge in [-0.05, 0) is 17.7 Å². The number of ether oxygens (including phenoxy) is 1. The van der Waals surface area contributed by atoms with E-state index in [1.807, 2.05) is 0 Å². The summed E-state index contributed by atoms with van der Waals surface area (Å²) in [5.41, 5.74) is 0.632. The lowest BCUT2D eigenvalue weighted by Crippen LogP contribution is -2.11. The Morgan fingerprint density at radius 1 is 1.40 bits per heavy atom. The van der Waals surface area contributed by atoms with Crippen LogP contribution in [0, 0.1) is 0 Å². The lowest BCUT2D eigenvalue weighted by atomic mass is 10.1. The second-order valence-electron chi connectivity index (χ2n) is 6.03. The first-order chi connectivity index (χ1) is 12.0. The number of carbonyl (C=O) groups excluding carboxylic acids is 2. The van der Waals surface area contributed by atoms with Crippen molar-refractivity contribution >= 4 is 40.8 Å². The number of halogens is 1. The molecular weight excluding hydrogens is 362 g/mol. The van der Waals surface area contributed by atoms with Gasteiger partial charge in [0.15, 0.2) is 11.4 Å². The standard InChI is InChI=1S/C17H18ClN3O3S/c1-10(2)25-9-14-19-20-16-15(18)13(6-7-21(14)16)17(23)24-12-5-3-4-11(22)8-12/h6-8,10H,3-5,9H2,1-2H3. The third-order valence-corrected chi connectivity index (χ3v) is 5.21. The van der Waals surface area contributed by atoms with Gasteiger partial charge in [0, 0.05) is 25.1 Å². The molecule has 0 spiro atoms. The Balaban J connectivity index is 1.84. The molecule has 2 heterocycles. The number of rotatable bonds is 5. The maximum atomic E-state index is 12.4. The Morgan fingerprint density at radius 3 is 2.92 bits per heavy atom. The molecule has 0 atom stereocenters. The molecule has 0 saturated heterocycles. The Bertz CT molecular complexity index is 860. The van der Waals surface area contributed by atoms with Gasteiger partial charge in [-0.1, -0.05) is 25.4 Å². The maximum absolute atomic E-state index is 12.4. The Kier molecular flexibility index (Phi) is 5.44. The van der Waals surface area contributed by atoms with Gasteiger partial charge in [-0.2, -0.15) is 11.8 Å². The molecule has 132 valence electrons. The maximum Gasteiger partial charge on any atom is 0.344 e. The predicted molar refractivity (Wildman–Crippen MR) is 96.8 cm³/mol. The normalized spacial score (nSPS) is 14.9. The van der Waals surface area contributed by atoms with Crippen LogP contribution >= 0.6 is 23.4 Å². The van der Waals surface area contributed by atoms with Gasteiger partial charge in [0.05, 0.1) is 11.3 Å². The number of thioether (sulfide) groups is 1. The van der Waals surface area contributed by atoms with Gasteiger partial charge in [-0.15, -0.1) is 10.2 Å². The van der Waals surface area contributed by atoms with Crippen LogP contribution in [-0.4, -0.2) is 31.6 Å². The van der Waals surface area contributed by atoms with Crippen molar-refractivity contribution in [3.63, 3.8) is 0 Å². The van der Waals surface area contributed by atoms with E-state index in [0.717, 1.165) is 5.82 Å². The Morgan fingerprint density at radius 2 is 2.20 bits per heavy atom. The number of esters is 1. The van der Waals surface area contributed by atoms with Crippen LogP contribution < -0.4 is 0 Å². The van der Waals surface area contributed by atoms with Gasteiger partial charge in [-0.3, -0.25) is 9.20 Å². The van der Waals surface area contributed by atoms with Crippen LogP contribution in [0.5, 0.6) is 0 Å². The van der Waals surface area contributed by atoms with E-state index >= 15 is 0 Å². The van der Waals surface area contributed by atoms with Gasteiger partial charge in [0.1, 0.15) is 16.6 Å². The zero-order valence-corrected chi connectivity index (χ0v) is 15.6. The summed E-state index contributed by atoms with van der Waals surface area (Å²) in [5.74, 6) is 1.24. The second kappa shape index (κ2) is 7.58. The molecule has 0 aliphatic heterocycles. The number of fused-ring (bicyclic) bond motifs is 1. The lowest BCUT2D eigenvalue weighted by Gasteiger charge is -2.13. The smallest absolute Gasteiger partial charge is 0.344 e. The van der Waals surface area contributed by atoms with Gasteiger partial charge in [-0.25, -0.2) is 4.79 Å². The fourth-order valence-corrected chi connectivity index (χ4v) is 3.43. The number of aromatic nitrogens is 3. The predicted octanol–water partition coefficient (Wildman–Crippen LogP) is 3.82. The average Bonchev–Trinajstić information content (AvgIpc) is 2.97. The molecule has 6 nitrogen and oxygen atoms in total. The molecule has 0 unspecified atom stereocenters. The van der Waals surface area contributed by atoms with Crippen LogP contribution in [0.3, 0.4) is 0 Å². The molecule has 1 aliphatic carbocycles. The van der Waals surface area contributed by atoms with Crippen LogP contribution in [-0.2, 0) is 15.3 Å². The molecule has 0 N–H and O–H groups in total. The third kappa shape index (κ3) is 4.04. The quantitative estimate of drug-likeness (QED) is 0.735. The summed E-state index contributed by atoms with van der Waals surface area (Å²) in [6.45, 7) is 4.22. The first kappa shape index (κ1) is 17.9. The van der Waals surface area contributed by atoms with Crippen molar-refractivity contribution < 1.29 is 14.3 Å². The van der Waals surface area contributed by atoms with Gasteiger partial charge < -0.3 is 4.74 Å². The summed E-state index contributed by atoms with van der Waals surface area (Å²) >= 11 is 8.09. The zero-order chi connectivity index (χ0) is 18.0. The molecular formula is C17H18ClN3O3S. The minimum absolute atomic E-state index is 0.0275. The molecule has 0 amide bonds. The molecule has 0 aromatic carbocycles. The van der Waals surface area contributed by atoms with Gasteiger partial charge >= 0.3 is 5.97 Å². The van der Waals surface area contributed by atoms with Crippen molar-refractivity contribution in [3.8, 4) is 0 Å². The lowest BCUT2D eigenvalue weighted by molar-refractivity contribution is -0.115. The molecule has 25 heavy (non-hydrogen) atoms. The van der Waals surface area contributed by atoms with E-state index < -0.39 is 5.97 Å². The van der Waals surface area contributed by atoms with Gasteiger partial charge in [0.25, 0.3) is 0 Å². The summed E-state index contributed by atoms with van der Waals surface area (Å²) in [6.07, 6.45) is 4.84. The summed E-state index contributed by atoms with van der Waals surface area (Å²) in [7, 11) is 0. The second-order valence-corrected chi connectivity index (χ2v) is 7.98. The number of nitrogens with zero attached hydrogens (tertiary/aromatic N) is 3. The van der Waals surface area contributed by atoms with E-state index in [-0.39, 0.29) is 16.4 Å². The van der Waals surface area contributed by atoms with E-state index in [1.165, 1.54) is 6.08 Å². The Hall–Kier alpha value is -1.86. The molecule has 2 aromatic rings. The highest BCUT2D eigenvalue weighted by Crippen LogP contribution is 2.26. The monoisotopic (exact) mass is 379 g/mol. The fraction of sp³-hybridized carbons (Fsp3) is 0.412. The van der Waals surface area contributed by atoms with Crippen molar-refractivity contribution in [3.05, 3.63) is 40.5 Å². The molecule has 1 aliphatic rings. The summed E-state index contributed by atoms with van der Waals surface area (Å²) in [4.78, 5) is 23.8. The first-order valence-corrected chi connectivity index (χ1v) is 9.47. The average molecular weight is 380 g/mol. The van der Waals surface area contributed by atoms with Gasteiger partial charge in [0.2, 0.25) is 0 Å². The number of hydrogen-bond donors (Lipinski definition) is 0. The molecule has 3 rings (SSSR count). The highest BCUT2D eigenvalue weighted by atomic mass is 35.5. The topological polar surface area (TPSA) is 73.6 Å². The summed E-state index contributed by atoms with van der Waals surface area (Å²) in [6, 6.07) is 1.59. The molecule has 8 heteroatoms.